The van der Waals surface area contributed by atoms with Gasteiger partial charge in [-0.15, -0.1) is 0 Å². The van der Waals surface area contributed by atoms with E-state index in [1.807, 2.05) is 10.6 Å². The third kappa shape index (κ3) is 2.18. The van der Waals surface area contributed by atoms with Crippen molar-refractivity contribution in [3.05, 3.63) is 33.7 Å². The molecule has 1 aromatic rings. The number of hydrogen-bond donors (Lipinski definition) is 1. The maximum atomic E-state index is 11.8. The van der Waals surface area contributed by atoms with Gasteiger partial charge in [0.1, 0.15) is 0 Å². The molecule has 1 aromatic heterocycles. The zero-order valence-corrected chi connectivity index (χ0v) is 9.61. The summed E-state index contributed by atoms with van der Waals surface area (Å²) in [7, 11) is 1.62. The Morgan fingerprint density at radius 3 is 3.06 bits per heavy atom. The monoisotopic (exact) mass is 222 g/mol. The normalized spacial score (nSPS) is 16.1. The minimum Gasteiger partial charge on any atom is -0.383 e. The highest BCUT2D eigenvalue weighted by Crippen LogP contribution is 2.19. The second-order valence-corrected chi connectivity index (χ2v) is 4.32. The van der Waals surface area contributed by atoms with Crippen LogP contribution in [0.3, 0.4) is 0 Å². The number of hydrogen-bond acceptors (Lipinski definition) is 3. The van der Waals surface area contributed by atoms with Gasteiger partial charge in [-0.05, 0) is 24.8 Å². The van der Waals surface area contributed by atoms with E-state index in [0.717, 1.165) is 19.3 Å². The Balaban J connectivity index is 2.26. The molecule has 0 radical (unpaired) electrons. The van der Waals surface area contributed by atoms with Crippen LogP contribution in [0.5, 0.6) is 0 Å². The Kier molecular flexibility index (Phi) is 3.41. The van der Waals surface area contributed by atoms with Crippen molar-refractivity contribution in [2.45, 2.75) is 31.8 Å². The van der Waals surface area contributed by atoms with Crippen LogP contribution in [0.4, 0.5) is 0 Å². The summed E-state index contributed by atoms with van der Waals surface area (Å²) in [6.45, 7) is 1.03. The molecule has 1 atom stereocenters. The number of fused-ring (bicyclic) bond motifs is 1. The van der Waals surface area contributed by atoms with Crippen molar-refractivity contribution < 1.29 is 4.74 Å². The predicted octanol–water partition coefficient (Wildman–Crippen LogP) is 0.311. The van der Waals surface area contributed by atoms with E-state index < -0.39 is 0 Å². The molecule has 1 unspecified atom stereocenters. The molecule has 1 aliphatic carbocycles. The Morgan fingerprint density at radius 2 is 2.31 bits per heavy atom. The molecule has 4 heteroatoms. The van der Waals surface area contributed by atoms with Crippen LogP contribution in [0.2, 0.25) is 0 Å². The topological polar surface area (TPSA) is 57.2 Å². The van der Waals surface area contributed by atoms with Crippen LogP contribution in [-0.2, 0) is 24.1 Å². The molecule has 0 fully saturated rings. The lowest BCUT2D eigenvalue weighted by molar-refractivity contribution is 0.173. The van der Waals surface area contributed by atoms with Gasteiger partial charge in [0.05, 0.1) is 6.61 Å². The van der Waals surface area contributed by atoms with Crippen LogP contribution in [0, 0.1) is 0 Å². The van der Waals surface area contributed by atoms with E-state index in [1.54, 1.807) is 13.2 Å². The summed E-state index contributed by atoms with van der Waals surface area (Å²) >= 11 is 0. The van der Waals surface area contributed by atoms with Crippen LogP contribution in [-0.4, -0.2) is 24.3 Å². The SMILES string of the molecule is COCC(N)Cn1c2c(ccc1=O)CCC2. The standard InChI is InChI=1S/C12H18N2O2/c1-16-8-10(13)7-14-11-4-2-3-9(11)5-6-12(14)15/h5-6,10H,2-4,7-8,13H2,1H3. The average molecular weight is 222 g/mol. The van der Waals surface area contributed by atoms with Gasteiger partial charge in [0.25, 0.3) is 5.56 Å². The van der Waals surface area contributed by atoms with Crippen molar-refractivity contribution in [3.8, 4) is 0 Å². The summed E-state index contributed by atoms with van der Waals surface area (Å²) in [4.78, 5) is 11.8. The van der Waals surface area contributed by atoms with Crippen molar-refractivity contribution >= 4 is 0 Å². The molecule has 0 amide bonds. The van der Waals surface area contributed by atoms with Gasteiger partial charge in [0, 0.05) is 31.5 Å². The van der Waals surface area contributed by atoms with E-state index >= 15 is 0 Å². The Labute approximate surface area is 95.0 Å². The molecule has 88 valence electrons. The summed E-state index contributed by atoms with van der Waals surface area (Å²) in [5, 5.41) is 0. The second kappa shape index (κ2) is 4.80. The summed E-state index contributed by atoms with van der Waals surface area (Å²) in [5.74, 6) is 0. The molecule has 2 N–H and O–H groups in total. The van der Waals surface area contributed by atoms with Gasteiger partial charge in [0.15, 0.2) is 0 Å². The largest absolute Gasteiger partial charge is 0.383 e. The number of aromatic nitrogens is 1. The van der Waals surface area contributed by atoms with Gasteiger partial charge in [-0.3, -0.25) is 4.79 Å². The van der Waals surface area contributed by atoms with E-state index in [1.165, 1.54) is 11.3 Å². The van der Waals surface area contributed by atoms with E-state index in [4.69, 9.17) is 10.5 Å². The van der Waals surface area contributed by atoms with Crippen LogP contribution in [0.1, 0.15) is 17.7 Å². The molecular weight excluding hydrogens is 204 g/mol. The maximum Gasteiger partial charge on any atom is 0.250 e. The minimum atomic E-state index is -0.116. The minimum absolute atomic E-state index is 0.0483. The highest BCUT2D eigenvalue weighted by Gasteiger charge is 2.16. The van der Waals surface area contributed by atoms with Gasteiger partial charge in [0.2, 0.25) is 0 Å². The summed E-state index contributed by atoms with van der Waals surface area (Å²) in [5.41, 5.74) is 8.40. The van der Waals surface area contributed by atoms with Crippen molar-refractivity contribution in [3.63, 3.8) is 0 Å². The molecule has 16 heavy (non-hydrogen) atoms. The fourth-order valence-electron chi connectivity index (χ4n) is 2.34. The summed E-state index contributed by atoms with van der Waals surface area (Å²) in [6.07, 6.45) is 3.21. The zero-order chi connectivity index (χ0) is 11.5. The van der Waals surface area contributed by atoms with Gasteiger partial charge < -0.3 is 15.0 Å². The fourth-order valence-corrected chi connectivity index (χ4v) is 2.34. The van der Waals surface area contributed by atoms with Gasteiger partial charge in [-0.2, -0.15) is 0 Å². The molecule has 0 aliphatic heterocycles. The Hall–Kier alpha value is -1.13. The highest BCUT2D eigenvalue weighted by molar-refractivity contribution is 5.25. The number of ether oxygens (including phenoxy) is 1. The van der Waals surface area contributed by atoms with E-state index in [0.29, 0.717) is 13.2 Å². The molecule has 0 bridgehead atoms. The number of nitrogens with two attached hydrogens (primary N) is 1. The number of aryl methyl sites for hydroxylation is 1. The number of pyridine rings is 1. The van der Waals surface area contributed by atoms with Crippen LogP contribution in [0.15, 0.2) is 16.9 Å². The lowest BCUT2D eigenvalue weighted by atomic mass is 10.2. The molecule has 1 aliphatic rings. The molecule has 0 saturated heterocycles. The quantitative estimate of drug-likeness (QED) is 0.797. The first-order valence-corrected chi connectivity index (χ1v) is 5.68. The summed E-state index contributed by atoms with van der Waals surface area (Å²) in [6, 6.07) is 3.47. The molecule has 4 nitrogen and oxygen atoms in total. The number of methoxy groups -OCH3 is 1. The van der Waals surface area contributed by atoms with Crippen molar-refractivity contribution in [2.75, 3.05) is 13.7 Å². The number of rotatable bonds is 4. The number of nitrogens with zero attached hydrogens (tertiary/aromatic N) is 1. The lowest BCUT2D eigenvalue weighted by Gasteiger charge is -2.16. The predicted molar refractivity (Wildman–Crippen MR) is 62.6 cm³/mol. The zero-order valence-electron chi connectivity index (χ0n) is 9.61. The third-order valence-electron chi connectivity index (χ3n) is 3.05. The molecule has 0 aromatic carbocycles. The van der Waals surface area contributed by atoms with Gasteiger partial charge >= 0.3 is 0 Å². The first-order valence-electron chi connectivity index (χ1n) is 5.68. The first kappa shape index (κ1) is 11.4. The van der Waals surface area contributed by atoms with Gasteiger partial charge in [-0.1, -0.05) is 6.07 Å². The first-order chi connectivity index (χ1) is 7.72. The second-order valence-electron chi connectivity index (χ2n) is 4.32. The Bertz CT molecular complexity index is 426. The third-order valence-corrected chi connectivity index (χ3v) is 3.05. The lowest BCUT2D eigenvalue weighted by Crippen LogP contribution is -2.36. The fraction of sp³-hybridized carbons (Fsp3) is 0.583. The molecule has 1 heterocycles. The molecular formula is C12H18N2O2. The smallest absolute Gasteiger partial charge is 0.250 e. The average Bonchev–Trinajstić information content (AvgIpc) is 2.71. The van der Waals surface area contributed by atoms with Crippen molar-refractivity contribution in [1.82, 2.24) is 4.57 Å². The van der Waals surface area contributed by atoms with Crippen LogP contribution < -0.4 is 11.3 Å². The van der Waals surface area contributed by atoms with E-state index in [9.17, 15) is 4.79 Å². The Morgan fingerprint density at radius 1 is 1.50 bits per heavy atom. The van der Waals surface area contributed by atoms with Gasteiger partial charge in [-0.25, -0.2) is 0 Å². The molecule has 0 spiro atoms. The molecule has 0 saturated carbocycles. The van der Waals surface area contributed by atoms with Crippen LogP contribution in [0.25, 0.3) is 0 Å². The highest BCUT2D eigenvalue weighted by atomic mass is 16.5. The van der Waals surface area contributed by atoms with E-state index in [-0.39, 0.29) is 11.6 Å². The van der Waals surface area contributed by atoms with Crippen LogP contribution >= 0.6 is 0 Å². The molecule has 2 rings (SSSR count). The van der Waals surface area contributed by atoms with E-state index in [2.05, 4.69) is 0 Å². The maximum absolute atomic E-state index is 11.8. The summed E-state index contributed by atoms with van der Waals surface area (Å²) < 4.78 is 6.81. The van der Waals surface area contributed by atoms with Crippen molar-refractivity contribution in [2.24, 2.45) is 5.73 Å². The van der Waals surface area contributed by atoms with Crippen molar-refractivity contribution in [1.29, 1.82) is 0 Å².